The zero-order valence-corrected chi connectivity index (χ0v) is 19.3. The molecule has 1 aromatic carbocycles. The fourth-order valence-corrected chi connectivity index (χ4v) is 6.23. The summed E-state index contributed by atoms with van der Waals surface area (Å²) in [5, 5.41) is 3.01. The monoisotopic (exact) mass is 453 g/mol. The van der Waals surface area contributed by atoms with Crippen molar-refractivity contribution < 1.29 is 13.2 Å². The highest BCUT2D eigenvalue weighted by molar-refractivity contribution is 7.89. The first-order valence-electron chi connectivity index (χ1n) is 10.7. The van der Waals surface area contributed by atoms with Gasteiger partial charge in [-0.05, 0) is 50.9 Å². The van der Waals surface area contributed by atoms with Gasteiger partial charge in [0.25, 0.3) is 0 Å². The number of rotatable bonds is 10. The van der Waals surface area contributed by atoms with E-state index in [9.17, 15) is 13.2 Å². The number of hydrogen-bond donors (Lipinski definition) is 1. The molecule has 30 heavy (non-hydrogen) atoms. The highest BCUT2D eigenvalue weighted by atomic mass is 32.2. The summed E-state index contributed by atoms with van der Waals surface area (Å²) in [4.78, 5) is 15.2. The first-order chi connectivity index (χ1) is 14.5. The second-order valence-electron chi connectivity index (χ2n) is 7.72. The summed E-state index contributed by atoms with van der Waals surface area (Å²) in [6.07, 6.45) is 3.55. The van der Waals surface area contributed by atoms with Gasteiger partial charge < -0.3 is 10.2 Å². The van der Waals surface area contributed by atoms with Gasteiger partial charge in [-0.2, -0.15) is 13.1 Å². The number of sulfonamides is 1. The standard InChI is InChI=1S/C20H31N5O3S2/c1-3-11-24(12-4-2)14-10-21-20(26)16-7-6-13-25(15-16)30(27,28)18-9-5-8-17-19(18)23-29-22-17/h5,8-9,16H,3-4,6-7,10-15H2,1-2H3,(H,21,26)/t16-/m0/s1. The van der Waals surface area contributed by atoms with Crippen LogP contribution in [0.15, 0.2) is 23.1 Å². The van der Waals surface area contributed by atoms with E-state index < -0.39 is 10.0 Å². The first kappa shape index (κ1) is 23.1. The summed E-state index contributed by atoms with van der Waals surface area (Å²) in [5.74, 6) is -0.386. The van der Waals surface area contributed by atoms with Gasteiger partial charge in [-0.25, -0.2) is 8.42 Å². The van der Waals surface area contributed by atoms with E-state index in [4.69, 9.17) is 0 Å². The molecule has 166 valence electrons. The van der Waals surface area contributed by atoms with Crippen molar-refractivity contribution in [2.75, 3.05) is 39.3 Å². The molecule has 0 bridgehead atoms. The minimum atomic E-state index is -3.72. The molecule has 2 aromatic rings. The number of nitrogens with one attached hydrogen (secondary N) is 1. The molecule has 8 nitrogen and oxygen atoms in total. The van der Waals surface area contributed by atoms with Crippen molar-refractivity contribution >= 4 is 38.7 Å². The van der Waals surface area contributed by atoms with Crippen molar-refractivity contribution in [1.29, 1.82) is 0 Å². The quantitative estimate of drug-likeness (QED) is 0.593. The third kappa shape index (κ3) is 5.35. The van der Waals surface area contributed by atoms with Gasteiger partial charge in [-0.1, -0.05) is 19.9 Å². The van der Waals surface area contributed by atoms with Crippen LogP contribution in [0.1, 0.15) is 39.5 Å². The summed E-state index contributed by atoms with van der Waals surface area (Å²) in [6.45, 7) is 8.39. The molecule has 0 saturated carbocycles. The van der Waals surface area contributed by atoms with Gasteiger partial charge in [0, 0.05) is 26.2 Å². The van der Waals surface area contributed by atoms with Crippen molar-refractivity contribution in [3.05, 3.63) is 18.2 Å². The highest BCUT2D eigenvalue weighted by Gasteiger charge is 2.34. The summed E-state index contributed by atoms with van der Waals surface area (Å²) in [7, 11) is -3.72. The number of carbonyl (C=O) groups is 1. The second-order valence-corrected chi connectivity index (χ2v) is 10.2. The smallest absolute Gasteiger partial charge is 0.245 e. The van der Waals surface area contributed by atoms with E-state index in [0.29, 0.717) is 37.0 Å². The normalized spacial score (nSPS) is 18.2. The molecule has 0 radical (unpaired) electrons. The Bertz CT molecular complexity index is 941. The van der Waals surface area contributed by atoms with Crippen LogP contribution in [0.25, 0.3) is 11.0 Å². The minimum Gasteiger partial charge on any atom is -0.355 e. The van der Waals surface area contributed by atoms with Gasteiger partial charge >= 0.3 is 0 Å². The molecule has 0 spiro atoms. The molecule has 1 fully saturated rings. The number of hydrogen-bond acceptors (Lipinski definition) is 7. The van der Waals surface area contributed by atoms with E-state index in [1.807, 2.05) is 0 Å². The average Bonchev–Trinajstić information content (AvgIpc) is 3.23. The Morgan fingerprint density at radius 2 is 2.00 bits per heavy atom. The van der Waals surface area contributed by atoms with Crippen molar-refractivity contribution in [2.45, 2.75) is 44.4 Å². The molecule has 1 atom stereocenters. The van der Waals surface area contributed by atoms with Gasteiger partial charge in [0.2, 0.25) is 15.9 Å². The van der Waals surface area contributed by atoms with Crippen molar-refractivity contribution in [2.24, 2.45) is 5.92 Å². The largest absolute Gasteiger partial charge is 0.355 e. The molecule has 3 rings (SSSR count). The van der Waals surface area contributed by atoms with Crippen molar-refractivity contribution in [3.63, 3.8) is 0 Å². The maximum atomic E-state index is 13.2. The van der Waals surface area contributed by atoms with Crippen LogP contribution >= 0.6 is 11.7 Å². The maximum absolute atomic E-state index is 13.2. The number of nitrogens with zero attached hydrogens (tertiary/aromatic N) is 4. The van der Waals surface area contributed by atoms with E-state index >= 15 is 0 Å². The molecular weight excluding hydrogens is 422 g/mol. The average molecular weight is 454 g/mol. The van der Waals surface area contributed by atoms with Crippen LogP contribution in [0.5, 0.6) is 0 Å². The lowest BCUT2D eigenvalue weighted by Gasteiger charge is -2.31. The predicted molar refractivity (Wildman–Crippen MR) is 119 cm³/mol. The minimum absolute atomic E-state index is 0.0589. The summed E-state index contributed by atoms with van der Waals surface area (Å²) in [5.41, 5.74) is 0.983. The molecule has 1 N–H and O–H groups in total. The Morgan fingerprint density at radius 3 is 2.73 bits per heavy atom. The maximum Gasteiger partial charge on any atom is 0.245 e. The summed E-state index contributed by atoms with van der Waals surface area (Å²) >= 11 is 1.00. The molecule has 1 aliphatic heterocycles. The van der Waals surface area contributed by atoms with Gasteiger partial charge in [-0.3, -0.25) is 4.79 Å². The first-order valence-corrected chi connectivity index (χ1v) is 12.9. The van der Waals surface area contributed by atoms with Crippen LogP contribution in [0.2, 0.25) is 0 Å². The lowest BCUT2D eigenvalue weighted by molar-refractivity contribution is -0.126. The van der Waals surface area contributed by atoms with E-state index in [2.05, 4.69) is 32.8 Å². The zero-order valence-electron chi connectivity index (χ0n) is 17.7. The summed E-state index contributed by atoms with van der Waals surface area (Å²) < 4.78 is 36.2. The number of carbonyl (C=O) groups excluding carboxylic acids is 1. The number of piperidine rings is 1. The van der Waals surface area contributed by atoms with Gasteiger partial charge in [0.1, 0.15) is 15.9 Å². The van der Waals surface area contributed by atoms with Gasteiger partial charge in [0.15, 0.2) is 0 Å². The Kier molecular flexibility index (Phi) is 8.15. The SMILES string of the molecule is CCCN(CCC)CCNC(=O)[C@H]1CCCN(S(=O)(=O)c2cccc3nsnc23)C1. The molecule has 1 aliphatic rings. The Labute approximate surface area is 183 Å². The van der Waals surface area contributed by atoms with Crippen molar-refractivity contribution in [3.8, 4) is 0 Å². The third-order valence-electron chi connectivity index (χ3n) is 5.43. The van der Waals surface area contributed by atoms with Crippen LogP contribution in [0.4, 0.5) is 0 Å². The lowest BCUT2D eigenvalue weighted by Crippen LogP contribution is -2.46. The van der Waals surface area contributed by atoms with E-state index in [-0.39, 0.29) is 23.3 Å². The predicted octanol–water partition coefficient (Wildman–Crippen LogP) is 2.33. The fraction of sp³-hybridized carbons (Fsp3) is 0.650. The fourth-order valence-electron chi connectivity index (χ4n) is 3.95. The van der Waals surface area contributed by atoms with Crippen molar-refractivity contribution in [1.82, 2.24) is 23.3 Å². The molecule has 0 unspecified atom stereocenters. The highest BCUT2D eigenvalue weighted by Crippen LogP contribution is 2.28. The van der Waals surface area contributed by atoms with Gasteiger partial charge in [-0.15, -0.1) is 0 Å². The Morgan fingerprint density at radius 1 is 1.23 bits per heavy atom. The third-order valence-corrected chi connectivity index (χ3v) is 7.87. The molecular formula is C20H31N5O3S2. The topological polar surface area (TPSA) is 95.5 Å². The zero-order chi connectivity index (χ0) is 21.6. The van der Waals surface area contributed by atoms with E-state index in [0.717, 1.165) is 44.2 Å². The van der Waals surface area contributed by atoms with E-state index in [1.165, 1.54) is 4.31 Å². The molecule has 10 heteroatoms. The number of aromatic nitrogens is 2. The van der Waals surface area contributed by atoms with Crippen LogP contribution in [0, 0.1) is 5.92 Å². The van der Waals surface area contributed by atoms with Crippen LogP contribution in [-0.2, 0) is 14.8 Å². The molecule has 1 aromatic heterocycles. The van der Waals surface area contributed by atoms with Crippen LogP contribution in [-0.4, -0.2) is 71.5 Å². The molecule has 2 heterocycles. The summed E-state index contributed by atoms with van der Waals surface area (Å²) in [6, 6.07) is 5.01. The number of fused-ring (bicyclic) bond motifs is 1. The van der Waals surface area contributed by atoms with Crippen LogP contribution in [0.3, 0.4) is 0 Å². The van der Waals surface area contributed by atoms with Gasteiger partial charge in [0.05, 0.1) is 17.6 Å². The Hall–Kier alpha value is -1.62. The molecule has 1 saturated heterocycles. The number of benzene rings is 1. The Balaban J connectivity index is 1.62. The second kappa shape index (κ2) is 10.6. The molecule has 0 aliphatic carbocycles. The van der Waals surface area contributed by atoms with Crippen LogP contribution < -0.4 is 5.32 Å². The number of amides is 1. The lowest BCUT2D eigenvalue weighted by atomic mass is 9.99. The van der Waals surface area contributed by atoms with E-state index in [1.54, 1.807) is 18.2 Å². The molecule has 1 amide bonds.